The van der Waals surface area contributed by atoms with E-state index in [4.69, 9.17) is 9.97 Å². The van der Waals surface area contributed by atoms with Crippen molar-refractivity contribution in [3.8, 4) is 0 Å². The van der Waals surface area contributed by atoms with Crippen molar-refractivity contribution in [3.63, 3.8) is 0 Å². The number of allylic oxidation sites excluding steroid dienone is 4. The predicted molar refractivity (Wildman–Crippen MR) is 181 cm³/mol. The number of aliphatic carboxylic acids is 4. The molecule has 12 nitrogen and oxygen atoms in total. The zero-order valence-electron chi connectivity index (χ0n) is 27.3. The number of H-pyrrole nitrogens is 2. The highest BCUT2D eigenvalue weighted by Crippen LogP contribution is 2.37. The van der Waals surface area contributed by atoms with Crippen LogP contribution in [0, 0.1) is 13.8 Å². The van der Waals surface area contributed by atoms with Gasteiger partial charge in [0.25, 0.3) is 0 Å². The van der Waals surface area contributed by atoms with Crippen molar-refractivity contribution in [2.75, 3.05) is 0 Å². The number of aryl methyl sites for hydroxylation is 4. The van der Waals surface area contributed by atoms with E-state index in [0.717, 1.165) is 44.5 Å². The third-order valence-corrected chi connectivity index (χ3v) is 9.16. The summed E-state index contributed by atoms with van der Waals surface area (Å²) >= 11 is 0. The maximum atomic E-state index is 11.6. The van der Waals surface area contributed by atoms with Gasteiger partial charge in [-0.2, -0.15) is 0 Å². The Labute approximate surface area is 275 Å². The normalized spacial score (nSPS) is 12.9. The van der Waals surface area contributed by atoms with E-state index in [2.05, 4.69) is 9.97 Å². The summed E-state index contributed by atoms with van der Waals surface area (Å²) < 4.78 is 0. The first-order valence-electron chi connectivity index (χ1n) is 15.7. The number of carbonyl (C=O) groups is 4. The Morgan fingerprint density at radius 3 is 1.19 bits per heavy atom. The molecule has 0 fully saturated rings. The number of hydrogen-bond acceptors (Lipinski definition) is 6. The second-order valence-corrected chi connectivity index (χ2v) is 12.2. The van der Waals surface area contributed by atoms with Gasteiger partial charge in [0.15, 0.2) is 0 Å². The van der Waals surface area contributed by atoms with Crippen molar-refractivity contribution < 1.29 is 39.6 Å². The molecule has 0 aliphatic carbocycles. The Hall–Kier alpha value is -5.52. The minimum Gasteiger partial charge on any atom is -0.481 e. The quantitative estimate of drug-likeness (QED) is 0.124. The fraction of sp³-hybridized carbons (Fsp3) is 0.333. The van der Waals surface area contributed by atoms with Gasteiger partial charge >= 0.3 is 23.9 Å². The summed E-state index contributed by atoms with van der Waals surface area (Å²) in [5.41, 5.74) is 11.4. The van der Waals surface area contributed by atoms with Crippen LogP contribution in [0.5, 0.6) is 0 Å². The van der Waals surface area contributed by atoms with Crippen LogP contribution in [0.1, 0.15) is 97.4 Å². The number of hydrogen-bond donors (Lipinski definition) is 6. The van der Waals surface area contributed by atoms with Gasteiger partial charge < -0.3 is 30.4 Å². The SMILES string of the molecule is CC1=C(CCC(=O)O)c2cc3[nH]c(cc4nc(cc5[nH]c(cc1n2)c(C)c5CCC(=O)O)C(CCC(=O)O)=C4C)c(CCC(=O)O)c3C. The topological polar surface area (TPSA) is 207 Å². The molecule has 8 bridgehead atoms. The third kappa shape index (κ3) is 7.07. The summed E-state index contributed by atoms with van der Waals surface area (Å²) in [4.78, 5) is 63.1. The fourth-order valence-corrected chi connectivity index (χ4v) is 6.42. The second kappa shape index (κ2) is 13.7. The van der Waals surface area contributed by atoms with Crippen LogP contribution in [0.3, 0.4) is 0 Å². The number of nitrogens with zero attached hydrogens (tertiary/aromatic N) is 2. The van der Waals surface area contributed by atoms with E-state index in [0.29, 0.717) is 44.8 Å². The zero-order valence-corrected chi connectivity index (χ0v) is 27.3. The number of fused-ring (bicyclic) bond motifs is 8. The standard InChI is InChI=1S/C36H38N4O8/c1-17-21(5-9-33(41)42)29-14-27-19(3)22(6-10-34(43)44)30(39-27)15-28-20(4)24(8-12-36(47)48)32(40-28)16-31-23(7-11-35(45)46)18(2)26(38-31)13-25(17)37-29/h13-16,38-39H,5-12H2,1-4H3,(H,41,42)(H,43,44)(H,45,46)(H,47,48). The molecule has 3 aromatic heterocycles. The molecule has 250 valence electrons. The highest BCUT2D eigenvalue weighted by atomic mass is 16.4. The molecule has 0 saturated heterocycles. The van der Waals surface area contributed by atoms with Crippen molar-refractivity contribution in [3.05, 3.63) is 69.3 Å². The molecular weight excluding hydrogens is 616 g/mol. The number of carboxylic acids is 4. The van der Waals surface area contributed by atoms with Crippen LogP contribution in [-0.4, -0.2) is 64.2 Å². The van der Waals surface area contributed by atoms with Crippen LogP contribution in [0.15, 0.2) is 24.3 Å². The highest BCUT2D eigenvalue weighted by molar-refractivity contribution is 5.96. The smallest absolute Gasteiger partial charge is 0.303 e. The van der Waals surface area contributed by atoms with Crippen molar-refractivity contribution >= 4 is 68.2 Å². The number of carboxylic acid groups (broad SMARTS) is 4. The van der Waals surface area contributed by atoms with E-state index in [1.165, 1.54) is 0 Å². The van der Waals surface area contributed by atoms with Crippen molar-refractivity contribution in [2.24, 2.45) is 0 Å². The van der Waals surface area contributed by atoms with Gasteiger partial charge in [-0.3, -0.25) is 19.2 Å². The molecule has 48 heavy (non-hydrogen) atoms. The average Bonchev–Trinajstić information content (AvgIpc) is 3.66. The molecule has 2 aliphatic heterocycles. The first-order valence-corrected chi connectivity index (χ1v) is 15.7. The maximum absolute atomic E-state index is 11.6. The molecule has 5 heterocycles. The summed E-state index contributed by atoms with van der Waals surface area (Å²) in [5, 5.41) is 38.0. The second-order valence-electron chi connectivity index (χ2n) is 12.2. The summed E-state index contributed by atoms with van der Waals surface area (Å²) in [6.07, 6.45) is 0.572. The molecule has 0 saturated carbocycles. The van der Waals surface area contributed by atoms with E-state index in [9.17, 15) is 39.6 Å². The van der Waals surface area contributed by atoms with Gasteiger partial charge in [0.1, 0.15) is 0 Å². The first-order chi connectivity index (χ1) is 22.7. The van der Waals surface area contributed by atoms with Crippen molar-refractivity contribution in [1.29, 1.82) is 0 Å². The molecule has 0 spiro atoms. The third-order valence-electron chi connectivity index (χ3n) is 9.16. The van der Waals surface area contributed by atoms with Crippen LogP contribution in [0.4, 0.5) is 0 Å². The Balaban J connectivity index is 1.91. The highest BCUT2D eigenvalue weighted by Gasteiger charge is 2.22. The van der Waals surface area contributed by atoms with E-state index in [1.807, 2.05) is 52.0 Å². The lowest BCUT2D eigenvalue weighted by molar-refractivity contribution is -0.138. The summed E-state index contributed by atoms with van der Waals surface area (Å²) in [6.45, 7) is 7.57. The largest absolute Gasteiger partial charge is 0.481 e. The molecule has 12 heteroatoms. The van der Waals surface area contributed by atoms with E-state index < -0.39 is 23.9 Å². The Kier molecular flexibility index (Phi) is 9.64. The van der Waals surface area contributed by atoms with Crippen LogP contribution in [-0.2, 0) is 32.0 Å². The van der Waals surface area contributed by atoms with Crippen LogP contribution < -0.4 is 0 Å². The number of nitrogens with one attached hydrogen (secondary N) is 2. The number of rotatable bonds is 12. The van der Waals surface area contributed by atoms with Gasteiger partial charge in [0.05, 0.1) is 22.8 Å². The lowest BCUT2D eigenvalue weighted by Gasteiger charge is -2.03. The van der Waals surface area contributed by atoms with Crippen LogP contribution in [0.25, 0.3) is 44.4 Å². The number of aromatic amines is 2. The van der Waals surface area contributed by atoms with Gasteiger partial charge in [0, 0.05) is 47.8 Å². The van der Waals surface area contributed by atoms with Gasteiger partial charge in [-0.15, -0.1) is 0 Å². The zero-order chi connectivity index (χ0) is 34.9. The Morgan fingerprint density at radius 1 is 0.500 bits per heavy atom. The molecule has 0 unspecified atom stereocenters. The lowest BCUT2D eigenvalue weighted by Crippen LogP contribution is -1.98. The molecule has 2 aliphatic rings. The van der Waals surface area contributed by atoms with E-state index in [1.54, 1.807) is 0 Å². The molecule has 0 amide bonds. The number of aromatic nitrogens is 4. The molecule has 5 rings (SSSR count). The van der Waals surface area contributed by atoms with E-state index >= 15 is 0 Å². The molecule has 0 radical (unpaired) electrons. The van der Waals surface area contributed by atoms with Crippen molar-refractivity contribution in [1.82, 2.24) is 19.9 Å². The monoisotopic (exact) mass is 654 g/mol. The van der Waals surface area contributed by atoms with Crippen molar-refractivity contribution in [2.45, 2.75) is 79.1 Å². The van der Waals surface area contributed by atoms with Gasteiger partial charge in [0.2, 0.25) is 0 Å². The van der Waals surface area contributed by atoms with Gasteiger partial charge in [-0.05, 0) is 122 Å². The van der Waals surface area contributed by atoms with Crippen LogP contribution in [0.2, 0.25) is 0 Å². The minimum absolute atomic E-state index is 0.0896. The Bertz CT molecular complexity index is 2100. The summed E-state index contributed by atoms with van der Waals surface area (Å²) in [5.74, 6) is -3.76. The minimum atomic E-state index is -0.948. The molecule has 0 atom stereocenters. The molecule has 0 aromatic carbocycles. The van der Waals surface area contributed by atoms with E-state index in [-0.39, 0.29) is 51.4 Å². The predicted octanol–water partition coefficient (Wildman–Crippen LogP) is 6.56. The molecule has 6 N–H and O–H groups in total. The molecule has 3 aromatic rings. The van der Waals surface area contributed by atoms with Gasteiger partial charge in [-0.1, -0.05) is 0 Å². The van der Waals surface area contributed by atoms with Crippen LogP contribution >= 0.6 is 0 Å². The lowest BCUT2D eigenvalue weighted by atomic mass is 9.99. The summed E-state index contributed by atoms with van der Waals surface area (Å²) in [6, 6.07) is 7.40. The average molecular weight is 655 g/mol. The first kappa shape index (κ1) is 33.8. The fourth-order valence-electron chi connectivity index (χ4n) is 6.42. The summed E-state index contributed by atoms with van der Waals surface area (Å²) in [7, 11) is 0. The maximum Gasteiger partial charge on any atom is 0.303 e. The molecular formula is C36H38N4O8. The Morgan fingerprint density at radius 2 is 0.812 bits per heavy atom. The van der Waals surface area contributed by atoms with Gasteiger partial charge in [-0.25, -0.2) is 9.97 Å².